The fraction of sp³-hybridized carbons (Fsp3) is 0.133. The summed E-state index contributed by atoms with van der Waals surface area (Å²) < 4.78 is 25.9. The van der Waals surface area contributed by atoms with Gasteiger partial charge in [0.05, 0.1) is 4.90 Å². The molecule has 0 heterocycles. The second kappa shape index (κ2) is 6.48. The van der Waals surface area contributed by atoms with Gasteiger partial charge in [-0.3, -0.25) is 4.79 Å². The third kappa shape index (κ3) is 3.65. The normalized spacial score (nSPS) is 11.2. The van der Waals surface area contributed by atoms with Gasteiger partial charge in [-0.15, -0.1) is 0 Å². The van der Waals surface area contributed by atoms with E-state index >= 15 is 0 Å². The van der Waals surface area contributed by atoms with Gasteiger partial charge in [-0.2, -0.15) is 0 Å². The van der Waals surface area contributed by atoms with Crippen molar-refractivity contribution in [2.75, 3.05) is 12.4 Å². The lowest BCUT2D eigenvalue weighted by atomic mass is 10.1. The molecule has 0 fully saturated rings. The van der Waals surface area contributed by atoms with Gasteiger partial charge in [-0.05, 0) is 49.9 Å². The SMILES string of the molecule is CNS(=O)(=O)c1ccc(C)c(C(=O)Nc2cccc(Cl)c2)c1. The molecule has 0 saturated carbocycles. The van der Waals surface area contributed by atoms with Crippen LogP contribution in [0.5, 0.6) is 0 Å². The van der Waals surface area contributed by atoms with Crippen LogP contribution >= 0.6 is 11.6 Å². The number of sulfonamides is 1. The van der Waals surface area contributed by atoms with E-state index in [2.05, 4.69) is 10.0 Å². The molecule has 0 aliphatic heterocycles. The Morgan fingerprint density at radius 3 is 2.50 bits per heavy atom. The molecule has 7 heteroatoms. The van der Waals surface area contributed by atoms with Crippen LogP contribution in [0, 0.1) is 6.92 Å². The number of carbonyl (C=O) groups is 1. The average Bonchev–Trinajstić information content (AvgIpc) is 2.47. The lowest BCUT2D eigenvalue weighted by Crippen LogP contribution is -2.20. The van der Waals surface area contributed by atoms with Gasteiger partial charge >= 0.3 is 0 Å². The summed E-state index contributed by atoms with van der Waals surface area (Å²) in [4.78, 5) is 12.4. The Bertz CT molecular complexity index is 819. The maximum atomic E-state index is 12.3. The molecule has 0 spiro atoms. The highest BCUT2D eigenvalue weighted by molar-refractivity contribution is 7.89. The van der Waals surface area contributed by atoms with E-state index in [0.29, 0.717) is 16.3 Å². The fourth-order valence-corrected chi connectivity index (χ4v) is 2.84. The lowest BCUT2D eigenvalue weighted by Gasteiger charge is -2.10. The van der Waals surface area contributed by atoms with Crippen molar-refractivity contribution in [1.82, 2.24) is 4.72 Å². The van der Waals surface area contributed by atoms with Gasteiger partial charge in [-0.1, -0.05) is 23.7 Å². The van der Waals surface area contributed by atoms with E-state index in [9.17, 15) is 13.2 Å². The molecule has 0 atom stereocenters. The summed E-state index contributed by atoms with van der Waals surface area (Å²) in [6, 6.07) is 11.1. The number of amides is 1. The van der Waals surface area contributed by atoms with E-state index in [-0.39, 0.29) is 10.5 Å². The van der Waals surface area contributed by atoms with Crippen molar-refractivity contribution in [3.63, 3.8) is 0 Å². The number of aryl methyl sites for hydroxylation is 1. The van der Waals surface area contributed by atoms with Crippen molar-refractivity contribution < 1.29 is 13.2 Å². The molecule has 5 nitrogen and oxygen atoms in total. The molecule has 116 valence electrons. The largest absolute Gasteiger partial charge is 0.322 e. The molecule has 2 aromatic rings. The van der Waals surface area contributed by atoms with Crippen LogP contribution in [0.25, 0.3) is 0 Å². The number of halogens is 1. The van der Waals surface area contributed by atoms with Gasteiger partial charge in [0.1, 0.15) is 0 Å². The summed E-state index contributed by atoms with van der Waals surface area (Å²) in [6.07, 6.45) is 0. The Kier molecular flexibility index (Phi) is 4.85. The highest BCUT2D eigenvalue weighted by Crippen LogP contribution is 2.19. The third-order valence-corrected chi connectivity index (χ3v) is 4.76. The fourth-order valence-electron chi connectivity index (χ4n) is 1.90. The van der Waals surface area contributed by atoms with E-state index in [1.54, 1.807) is 37.3 Å². The zero-order chi connectivity index (χ0) is 16.3. The smallest absolute Gasteiger partial charge is 0.255 e. The average molecular weight is 339 g/mol. The van der Waals surface area contributed by atoms with Gasteiger partial charge in [0.15, 0.2) is 0 Å². The summed E-state index contributed by atoms with van der Waals surface area (Å²) in [5, 5.41) is 3.20. The van der Waals surface area contributed by atoms with Crippen LogP contribution in [0.4, 0.5) is 5.69 Å². The molecular weight excluding hydrogens is 324 g/mol. The van der Waals surface area contributed by atoms with Crippen LogP contribution in [-0.2, 0) is 10.0 Å². The molecule has 1 amide bonds. The van der Waals surface area contributed by atoms with Crippen molar-refractivity contribution in [3.8, 4) is 0 Å². The van der Waals surface area contributed by atoms with Crippen molar-refractivity contribution in [2.24, 2.45) is 0 Å². The quantitative estimate of drug-likeness (QED) is 0.900. The summed E-state index contributed by atoms with van der Waals surface area (Å²) in [6.45, 7) is 1.74. The number of benzene rings is 2. The predicted octanol–water partition coefficient (Wildman–Crippen LogP) is 2.81. The molecule has 0 unspecified atom stereocenters. The van der Waals surface area contributed by atoms with Crippen LogP contribution in [0.3, 0.4) is 0 Å². The van der Waals surface area contributed by atoms with Crippen LogP contribution in [0.15, 0.2) is 47.4 Å². The first-order chi connectivity index (χ1) is 10.3. The van der Waals surface area contributed by atoms with Gasteiger partial charge in [-0.25, -0.2) is 13.1 Å². The number of carbonyl (C=O) groups excluding carboxylic acids is 1. The third-order valence-electron chi connectivity index (χ3n) is 3.12. The van der Waals surface area contributed by atoms with Crippen molar-refractivity contribution >= 4 is 33.2 Å². The number of rotatable bonds is 4. The van der Waals surface area contributed by atoms with Crippen LogP contribution < -0.4 is 10.0 Å². The molecule has 22 heavy (non-hydrogen) atoms. The molecule has 0 radical (unpaired) electrons. The molecular formula is C15H15ClN2O3S. The molecule has 0 aliphatic rings. The Labute approximate surface area is 134 Å². The van der Waals surface area contributed by atoms with E-state index in [4.69, 9.17) is 11.6 Å². The summed E-state index contributed by atoms with van der Waals surface area (Å²) >= 11 is 5.87. The molecule has 2 aromatic carbocycles. The van der Waals surface area contributed by atoms with Gasteiger partial charge in [0.2, 0.25) is 10.0 Å². The monoisotopic (exact) mass is 338 g/mol. The molecule has 2 rings (SSSR count). The Balaban J connectivity index is 2.35. The molecule has 2 N–H and O–H groups in total. The maximum absolute atomic E-state index is 12.3. The first-order valence-corrected chi connectivity index (χ1v) is 8.31. The standard InChI is InChI=1S/C15H15ClN2O3S/c1-10-6-7-13(22(20,21)17-2)9-14(10)15(19)18-12-5-3-4-11(16)8-12/h3-9,17H,1-2H3,(H,18,19). The zero-order valence-corrected chi connectivity index (χ0v) is 13.6. The molecule has 0 aliphatic carbocycles. The molecule has 0 aromatic heterocycles. The minimum atomic E-state index is -3.60. The second-order valence-corrected chi connectivity index (χ2v) is 6.97. The van der Waals surface area contributed by atoms with Crippen molar-refractivity contribution in [1.29, 1.82) is 0 Å². The second-order valence-electron chi connectivity index (χ2n) is 4.65. The van der Waals surface area contributed by atoms with E-state index in [0.717, 1.165) is 0 Å². The molecule has 0 bridgehead atoms. The van der Waals surface area contributed by atoms with Gasteiger partial charge in [0, 0.05) is 16.3 Å². The summed E-state index contributed by atoms with van der Waals surface area (Å²) in [7, 11) is -2.28. The highest BCUT2D eigenvalue weighted by atomic mass is 35.5. The van der Waals surface area contributed by atoms with Crippen LogP contribution in [-0.4, -0.2) is 21.4 Å². The number of nitrogens with one attached hydrogen (secondary N) is 2. The first-order valence-electron chi connectivity index (χ1n) is 6.44. The van der Waals surface area contributed by atoms with Gasteiger partial charge in [0.25, 0.3) is 5.91 Å². The van der Waals surface area contributed by atoms with Crippen molar-refractivity contribution in [3.05, 3.63) is 58.6 Å². The lowest BCUT2D eigenvalue weighted by molar-refractivity contribution is 0.102. The number of hydrogen-bond donors (Lipinski definition) is 2. The van der Waals surface area contributed by atoms with Gasteiger partial charge < -0.3 is 5.32 Å². The van der Waals surface area contributed by atoms with E-state index < -0.39 is 15.9 Å². The number of anilines is 1. The van der Waals surface area contributed by atoms with Crippen LogP contribution in [0.2, 0.25) is 5.02 Å². The molecule has 0 saturated heterocycles. The first kappa shape index (κ1) is 16.5. The van der Waals surface area contributed by atoms with Crippen LogP contribution in [0.1, 0.15) is 15.9 Å². The number of hydrogen-bond acceptors (Lipinski definition) is 3. The maximum Gasteiger partial charge on any atom is 0.255 e. The minimum Gasteiger partial charge on any atom is -0.322 e. The van der Waals surface area contributed by atoms with E-state index in [1.165, 1.54) is 19.2 Å². The topological polar surface area (TPSA) is 75.3 Å². The highest BCUT2D eigenvalue weighted by Gasteiger charge is 2.16. The van der Waals surface area contributed by atoms with E-state index in [1.807, 2.05) is 0 Å². The minimum absolute atomic E-state index is 0.0387. The summed E-state index contributed by atoms with van der Waals surface area (Å²) in [5.41, 5.74) is 1.50. The Hall–Kier alpha value is -1.89. The summed E-state index contributed by atoms with van der Waals surface area (Å²) in [5.74, 6) is -0.395. The Morgan fingerprint density at radius 1 is 1.14 bits per heavy atom. The Morgan fingerprint density at radius 2 is 1.86 bits per heavy atom. The zero-order valence-electron chi connectivity index (χ0n) is 12.1. The van der Waals surface area contributed by atoms with Crippen molar-refractivity contribution in [2.45, 2.75) is 11.8 Å². The predicted molar refractivity (Wildman–Crippen MR) is 86.8 cm³/mol.